The molecule has 0 spiro atoms. The Labute approximate surface area is 103 Å². The van der Waals surface area contributed by atoms with E-state index in [-0.39, 0.29) is 0 Å². The van der Waals surface area contributed by atoms with E-state index in [2.05, 4.69) is 11.4 Å². The Balaban J connectivity index is 2.83. The van der Waals surface area contributed by atoms with Crippen LogP contribution in [-0.2, 0) is 0 Å². The Morgan fingerprint density at radius 1 is 1.53 bits per heavy atom. The number of hydrogen-bond donors (Lipinski definition) is 1. The molecular formula is C13H19N3O. The molecule has 4 nitrogen and oxygen atoms in total. The number of rotatable bonds is 5. The molecule has 4 heteroatoms. The van der Waals surface area contributed by atoms with E-state index in [9.17, 15) is 0 Å². The molecule has 0 amide bonds. The van der Waals surface area contributed by atoms with E-state index >= 15 is 0 Å². The van der Waals surface area contributed by atoms with Crippen molar-refractivity contribution >= 4 is 5.69 Å². The Hall–Kier alpha value is -1.73. The summed E-state index contributed by atoms with van der Waals surface area (Å²) in [6.45, 7) is 2.48. The van der Waals surface area contributed by atoms with Gasteiger partial charge in [0.15, 0.2) is 0 Å². The topological polar surface area (TPSA) is 48.3 Å². The lowest BCUT2D eigenvalue weighted by Crippen LogP contribution is -2.47. The average Bonchev–Trinajstić information content (AvgIpc) is 2.38. The zero-order valence-electron chi connectivity index (χ0n) is 10.8. The van der Waals surface area contributed by atoms with Crippen molar-refractivity contribution in [2.45, 2.75) is 12.5 Å². The van der Waals surface area contributed by atoms with E-state index in [1.165, 1.54) is 0 Å². The fourth-order valence-electron chi connectivity index (χ4n) is 1.58. The molecule has 0 aliphatic heterocycles. The minimum absolute atomic E-state index is 0.558. The van der Waals surface area contributed by atoms with Crippen LogP contribution < -0.4 is 15.0 Å². The summed E-state index contributed by atoms with van der Waals surface area (Å²) in [5.74, 6) is 0.817. The Morgan fingerprint density at radius 2 is 2.24 bits per heavy atom. The van der Waals surface area contributed by atoms with E-state index in [1.54, 1.807) is 14.2 Å². The van der Waals surface area contributed by atoms with Crippen LogP contribution in [-0.4, -0.2) is 33.3 Å². The molecule has 92 valence electrons. The quantitative estimate of drug-likeness (QED) is 0.839. The van der Waals surface area contributed by atoms with Gasteiger partial charge in [0.25, 0.3) is 0 Å². The number of nitrogens with one attached hydrogen (secondary N) is 1. The van der Waals surface area contributed by atoms with Crippen LogP contribution in [0.15, 0.2) is 24.3 Å². The second-order valence-corrected chi connectivity index (χ2v) is 4.25. The van der Waals surface area contributed by atoms with E-state index < -0.39 is 5.54 Å². The second kappa shape index (κ2) is 5.55. The SMILES string of the molecule is CNC(C)(C#N)CN(C)c1cccc(OC)c1. The normalized spacial score (nSPS) is 13.6. The molecule has 0 saturated heterocycles. The zero-order valence-corrected chi connectivity index (χ0v) is 10.8. The van der Waals surface area contributed by atoms with Crippen molar-refractivity contribution in [3.63, 3.8) is 0 Å². The van der Waals surface area contributed by atoms with Crippen molar-refractivity contribution < 1.29 is 4.74 Å². The first-order valence-electron chi connectivity index (χ1n) is 5.50. The van der Waals surface area contributed by atoms with E-state index in [0.29, 0.717) is 6.54 Å². The first-order valence-corrected chi connectivity index (χ1v) is 5.50. The van der Waals surface area contributed by atoms with Gasteiger partial charge in [-0.15, -0.1) is 0 Å². The Morgan fingerprint density at radius 3 is 2.76 bits per heavy atom. The van der Waals surface area contributed by atoms with Gasteiger partial charge < -0.3 is 15.0 Å². The number of nitrogens with zero attached hydrogens (tertiary/aromatic N) is 2. The van der Waals surface area contributed by atoms with Crippen molar-refractivity contribution in [1.29, 1.82) is 5.26 Å². The number of anilines is 1. The van der Waals surface area contributed by atoms with Crippen LogP contribution in [0.2, 0.25) is 0 Å². The Kier molecular flexibility index (Phi) is 4.36. The molecule has 1 N–H and O–H groups in total. The first-order chi connectivity index (χ1) is 8.04. The van der Waals surface area contributed by atoms with Crippen molar-refractivity contribution in [1.82, 2.24) is 5.32 Å². The molecule has 1 atom stereocenters. The summed E-state index contributed by atoms with van der Waals surface area (Å²) in [4.78, 5) is 2.03. The minimum atomic E-state index is -0.558. The predicted octanol–water partition coefficient (Wildman–Crippen LogP) is 1.63. The highest BCUT2D eigenvalue weighted by Crippen LogP contribution is 2.21. The highest BCUT2D eigenvalue weighted by atomic mass is 16.5. The first kappa shape index (κ1) is 13.3. The zero-order chi connectivity index (χ0) is 12.9. The van der Waals surface area contributed by atoms with Gasteiger partial charge >= 0.3 is 0 Å². The van der Waals surface area contributed by atoms with E-state index in [0.717, 1.165) is 11.4 Å². The van der Waals surface area contributed by atoms with Crippen LogP contribution in [0.5, 0.6) is 5.75 Å². The molecule has 1 aromatic carbocycles. The van der Waals surface area contributed by atoms with Crippen molar-refractivity contribution in [2.24, 2.45) is 0 Å². The summed E-state index contributed by atoms with van der Waals surface area (Å²) in [6.07, 6.45) is 0. The number of ether oxygens (including phenoxy) is 1. The third-order valence-corrected chi connectivity index (χ3v) is 2.85. The van der Waals surface area contributed by atoms with Gasteiger partial charge in [0.1, 0.15) is 11.3 Å². The molecule has 0 aliphatic carbocycles. The number of methoxy groups -OCH3 is 1. The highest BCUT2D eigenvalue weighted by molar-refractivity contribution is 5.50. The van der Waals surface area contributed by atoms with Gasteiger partial charge in [-0.2, -0.15) is 5.26 Å². The molecule has 0 bridgehead atoms. The largest absolute Gasteiger partial charge is 0.497 e. The van der Waals surface area contributed by atoms with Crippen LogP contribution in [0.3, 0.4) is 0 Å². The molecule has 0 aromatic heterocycles. The minimum Gasteiger partial charge on any atom is -0.497 e. The number of nitriles is 1. The summed E-state index contributed by atoms with van der Waals surface area (Å²) in [5.41, 5.74) is 0.471. The van der Waals surface area contributed by atoms with Gasteiger partial charge in [-0.25, -0.2) is 0 Å². The maximum Gasteiger partial charge on any atom is 0.121 e. The lowest BCUT2D eigenvalue weighted by atomic mass is 10.0. The number of hydrogen-bond acceptors (Lipinski definition) is 4. The molecule has 0 saturated carbocycles. The highest BCUT2D eigenvalue weighted by Gasteiger charge is 2.23. The fourth-order valence-corrected chi connectivity index (χ4v) is 1.58. The lowest BCUT2D eigenvalue weighted by Gasteiger charge is -2.29. The van der Waals surface area contributed by atoms with Crippen LogP contribution in [0, 0.1) is 11.3 Å². The molecule has 1 rings (SSSR count). The van der Waals surface area contributed by atoms with Crippen molar-refractivity contribution in [3.05, 3.63) is 24.3 Å². The lowest BCUT2D eigenvalue weighted by molar-refractivity contribution is 0.414. The van der Waals surface area contributed by atoms with Crippen LogP contribution >= 0.6 is 0 Å². The summed E-state index contributed by atoms with van der Waals surface area (Å²) >= 11 is 0. The van der Waals surface area contributed by atoms with Crippen LogP contribution in [0.1, 0.15) is 6.92 Å². The number of benzene rings is 1. The number of likely N-dealkylation sites (N-methyl/N-ethyl adjacent to an activating group) is 2. The van der Waals surface area contributed by atoms with Crippen LogP contribution in [0.4, 0.5) is 5.69 Å². The predicted molar refractivity (Wildman–Crippen MR) is 69.3 cm³/mol. The van der Waals surface area contributed by atoms with Crippen LogP contribution in [0.25, 0.3) is 0 Å². The Bertz CT molecular complexity index is 413. The maximum atomic E-state index is 9.12. The molecule has 0 radical (unpaired) electrons. The van der Waals surface area contributed by atoms with Gasteiger partial charge in [0, 0.05) is 25.3 Å². The van der Waals surface area contributed by atoms with E-state index in [4.69, 9.17) is 10.00 Å². The van der Waals surface area contributed by atoms with E-state index in [1.807, 2.05) is 43.1 Å². The van der Waals surface area contributed by atoms with Crippen molar-refractivity contribution in [3.8, 4) is 11.8 Å². The average molecular weight is 233 g/mol. The van der Waals surface area contributed by atoms with Gasteiger partial charge in [-0.05, 0) is 26.1 Å². The third kappa shape index (κ3) is 3.36. The van der Waals surface area contributed by atoms with Gasteiger partial charge in [-0.1, -0.05) is 6.07 Å². The van der Waals surface area contributed by atoms with Gasteiger partial charge in [-0.3, -0.25) is 0 Å². The molecular weight excluding hydrogens is 214 g/mol. The monoisotopic (exact) mass is 233 g/mol. The molecule has 0 heterocycles. The smallest absolute Gasteiger partial charge is 0.121 e. The standard InChI is InChI=1S/C13H19N3O/c1-13(9-14,15-2)10-16(3)11-6-5-7-12(8-11)17-4/h5-8,15H,10H2,1-4H3. The third-order valence-electron chi connectivity index (χ3n) is 2.85. The molecule has 1 unspecified atom stereocenters. The summed E-state index contributed by atoms with van der Waals surface area (Å²) in [6, 6.07) is 10.1. The fraction of sp³-hybridized carbons (Fsp3) is 0.462. The molecule has 0 aliphatic rings. The summed E-state index contributed by atoms with van der Waals surface area (Å²) < 4.78 is 5.18. The summed E-state index contributed by atoms with van der Waals surface area (Å²) in [5, 5.41) is 12.1. The second-order valence-electron chi connectivity index (χ2n) is 4.25. The van der Waals surface area contributed by atoms with Gasteiger partial charge in [0.05, 0.1) is 13.2 Å². The maximum absolute atomic E-state index is 9.12. The molecule has 1 aromatic rings. The van der Waals surface area contributed by atoms with Crippen molar-refractivity contribution in [2.75, 3.05) is 32.6 Å². The van der Waals surface area contributed by atoms with Gasteiger partial charge in [0.2, 0.25) is 0 Å². The molecule has 0 fully saturated rings. The summed E-state index contributed by atoms with van der Waals surface area (Å²) in [7, 11) is 5.40. The molecule has 17 heavy (non-hydrogen) atoms.